The van der Waals surface area contributed by atoms with Gasteiger partial charge in [-0.3, -0.25) is 4.79 Å². The molecule has 0 aliphatic heterocycles. The fourth-order valence-electron chi connectivity index (χ4n) is 1.97. The molecule has 7 heteroatoms. The highest BCUT2D eigenvalue weighted by Gasteiger charge is 2.12. The minimum atomic E-state index is -0.328. The van der Waals surface area contributed by atoms with Crippen LogP contribution in [0.3, 0.4) is 0 Å². The third kappa shape index (κ3) is 3.62. The number of nitrogens with zero attached hydrogens (tertiary/aromatic N) is 4. The van der Waals surface area contributed by atoms with Gasteiger partial charge < -0.3 is 0 Å². The SMILES string of the molecule is Cc1ccc(C(=O)CSc2nnnn2-c2ccc(F)cc2)cc1. The molecule has 116 valence electrons. The minimum Gasteiger partial charge on any atom is -0.293 e. The van der Waals surface area contributed by atoms with Crippen molar-refractivity contribution in [2.45, 2.75) is 12.1 Å². The van der Waals surface area contributed by atoms with E-state index in [1.807, 2.05) is 19.1 Å². The second-order valence-electron chi connectivity index (χ2n) is 4.93. The van der Waals surface area contributed by atoms with E-state index in [-0.39, 0.29) is 17.4 Å². The molecule has 1 aromatic heterocycles. The number of aryl methyl sites for hydroxylation is 1. The van der Waals surface area contributed by atoms with E-state index < -0.39 is 0 Å². The van der Waals surface area contributed by atoms with Crippen molar-refractivity contribution < 1.29 is 9.18 Å². The van der Waals surface area contributed by atoms with Crippen molar-refractivity contribution >= 4 is 17.5 Å². The third-order valence-electron chi connectivity index (χ3n) is 3.22. The molecule has 0 unspecified atom stereocenters. The molecule has 1 heterocycles. The van der Waals surface area contributed by atoms with Crippen LogP contribution in [-0.2, 0) is 0 Å². The maximum absolute atomic E-state index is 13.0. The van der Waals surface area contributed by atoms with Crippen LogP contribution in [0.5, 0.6) is 0 Å². The van der Waals surface area contributed by atoms with Gasteiger partial charge in [-0.25, -0.2) is 4.39 Å². The van der Waals surface area contributed by atoms with Gasteiger partial charge in [-0.1, -0.05) is 41.6 Å². The number of hydrogen-bond donors (Lipinski definition) is 0. The molecule has 5 nitrogen and oxygen atoms in total. The van der Waals surface area contributed by atoms with Crippen LogP contribution in [0.4, 0.5) is 4.39 Å². The van der Waals surface area contributed by atoms with Gasteiger partial charge in [-0.15, -0.1) is 5.10 Å². The van der Waals surface area contributed by atoms with Crippen LogP contribution >= 0.6 is 11.8 Å². The number of Topliss-reactive ketones (excluding diaryl/α,β-unsaturated/α-hetero) is 1. The number of ketones is 1. The van der Waals surface area contributed by atoms with Crippen LogP contribution in [0, 0.1) is 12.7 Å². The second-order valence-corrected chi connectivity index (χ2v) is 5.87. The molecular formula is C16H13FN4OS. The number of tetrazole rings is 1. The smallest absolute Gasteiger partial charge is 0.214 e. The summed E-state index contributed by atoms with van der Waals surface area (Å²) in [4.78, 5) is 12.2. The van der Waals surface area contributed by atoms with E-state index in [1.54, 1.807) is 24.3 Å². The highest BCUT2D eigenvalue weighted by molar-refractivity contribution is 7.99. The van der Waals surface area contributed by atoms with E-state index in [4.69, 9.17) is 0 Å². The highest BCUT2D eigenvalue weighted by Crippen LogP contribution is 2.19. The van der Waals surface area contributed by atoms with Gasteiger partial charge in [0.05, 0.1) is 11.4 Å². The molecule has 0 saturated heterocycles. The van der Waals surface area contributed by atoms with E-state index >= 15 is 0 Å². The maximum Gasteiger partial charge on any atom is 0.214 e. The molecule has 0 amide bonds. The number of thioether (sulfide) groups is 1. The van der Waals surface area contributed by atoms with Gasteiger partial charge in [0.2, 0.25) is 5.16 Å². The Kier molecular flexibility index (Phi) is 4.47. The Bertz CT molecular complexity index is 815. The van der Waals surface area contributed by atoms with Gasteiger partial charge in [-0.2, -0.15) is 4.68 Å². The Morgan fingerprint density at radius 2 is 1.83 bits per heavy atom. The molecule has 23 heavy (non-hydrogen) atoms. The summed E-state index contributed by atoms with van der Waals surface area (Å²) >= 11 is 1.24. The van der Waals surface area contributed by atoms with E-state index in [0.29, 0.717) is 16.4 Å². The number of carbonyl (C=O) groups excluding carboxylic acids is 1. The van der Waals surface area contributed by atoms with Crippen molar-refractivity contribution in [3.63, 3.8) is 0 Å². The Balaban J connectivity index is 1.72. The molecular weight excluding hydrogens is 315 g/mol. The van der Waals surface area contributed by atoms with Crippen molar-refractivity contribution in [3.05, 3.63) is 65.5 Å². The fraction of sp³-hybridized carbons (Fsp3) is 0.125. The quantitative estimate of drug-likeness (QED) is 0.532. The molecule has 0 spiro atoms. The zero-order valence-electron chi connectivity index (χ0n) is 12.3. The molecule has 3 rings (SSSR count). The summed E-state index contributed by atoms with van der Waals surface area (Å²) in [5.74, 6) is -0.0980. The molecule has 0 aliphatic carbocycles. The first-order valence-electron chi connectivity index (χ1n) is 6.90. The summed E-state index contributed by atoms with van der Waals surface area (Å²) in [5, 5.41) is 11.9. The summed E-state index contributed by atoms with van der Waals surface area (Å²) in [6, 6.07) is 13.3. The first-order valence-corrected chi connectivity index (χ1v) is 7.89. The normalized spacial score (nSPS) is 10.7. The van der Waals surface area contributed by atoms with Crippen LogP contribution in [0.25, 0.3) is 5.69 Å². The Labute approximate surface area is 136 Å². The van der Waals surface area contributed by atoms with E-state index in [9.17, 15) is 9.18 Å². The monoisotopic (exact) mass is 328 g/mol. The number of halogens is 1. The van der Waals surface area contributed by atoms with Crippen LogP contribution in [0.1, 0.15) is 15.9 Å². The van der Waals surface area contributed by atoms with Gasteiger partial charge in [0.25, 0.3) is 0 Å². The van der Waals surface area contributed by atoms with Crippen molar-refractivity contribution in [3.8, 4) is 5.69 Å². The van der Waals surface area contributed by atoms with Crippen molar-refractivity contribution in [1.29, 1.82) is 0 Å². The van der Waals surface area contributed by atoms with Gasteiger partial charge in [0, 0.05) is 5.56 Å². The third-order valence-corrected chi connectivity index (χ3v) is 4.14. The number of hydrogen-bond acceptors (Lipinski definition) is 5. The van der Waals surface area contributed by atoms with E-state index in [2.05, 4.69) is 15.5 Å². The summed E-state index contributed by atoms with van der Waals surface area (Å²) in [5.41, 5.74) is 2.40. The molecule has 0 saturated carbocycles. The largest absolute Gasteiger partial charge is 0.293 e. The van der Waals surface area contributed by atoms with Crippen LogP contribution in [0.15, 0.2) is 53.7 Å². The zero-order chi connectivity index (χ0) is 16.2. The predicted octanol–water partition coefficient (Wildman–Crippen LogP) is 3.08. The average Bonchev–Trinajstić information content (AvgIpc) is 3.02. The van der Waals surface area contributed by atoms with Gasteiger partial charge in [0.1, 0.15) is 5.82 Å². The Hall–Kier alpha value is -2.54. The van der Waals surface area contributed by atoms with Crippen molar-refractivity contribution in [2.24, 2.45) is 0 Å². The van der Waals surface area contributed by atoms with Crippen LogP contribution in [-0.4, -0.2) is 31.7 Å². The fourth-order valence-corrected chi connectivity index (χ4v) is 2.75. The molecule has 0 atom stereocenters. The molecule has 0 N–H and O–H groups in total. The highest BCUT2D eigenvalue weighted by atomic mass is 32.2. The predicted molar refractivity (Wildman–Crippen MR) is 85.3 cm³/mol. The van der Waals surface area contributed by atoms with Crippen molar-refractivity contribution in [1.82, 2.24) is 20.2 Å². The number of aromatic nitrogens is 4. The maximum atomic E-state index is 13.0. The zero-order valence-corrected chi connectivity index (χ0v) is 13.1. The second kappa shape index (κ2) is 6.70. The average molecular weight is 328 g/mol. The standard InChI is InChI=1S/C16H13FN4OS/c1-11-2-4-12(5-3-11)15(22)10-23-16-18-19-20-21(16)14-8-6-13(17)7-9-14/h2-9H,10H2,1H3. The molecule has 0 bridgehead atoms. The molecule has 2 aromatic carbocycles. The lowest BCUT2D eigenvalue weighted by Crippen LogP contribution is -2.05. The van der Waals surface area contributed by atoms with Crippen LogP contribution < -0.4 is 0 Å². The van der Waals surface area contributed by atoms with Gasteiger partial charge in [-0.05, 0) is 41.6 Å². The summed E-state index contributed by atoms with van der Waals surface area (Å²) < 4.78 is 14.5. The molecule has 0 radical (unpaired) electrons. The number of carbonyl (C=O) groups is 1. The molecule has 0 fully saturated rings. The first-order chi connectivity index (χ1) is 11.1. The lowest BCUT2D eigenvalue weighted by Gasteiger charge is -2.04. The van der Waals surface area contributed by atoms with Crippen molar-refractivity contribution in [2.75, 3.05) is 5.75 Å². The molecule has 3 aromatic rings. The summed E-state index contributed by atoms with van der Waals surface area (Å²) in [6.07, 6.45) is 0. The Morgan fingerprint density at radius 1 is 1.13 bits per heavy atom. The van der Waals surface area contributed by atoms with E-state index in [1.165, 1.54) is 28.6 Å². The van der Waals surface area contributed by atoms with Gasteiger partial charge >= 0.3 is 0 Å². The number of rotatable bonds is 5. The minimum absolute atomic E-state index is 0.00339. The number of benzene rings is 2. The van der Waals surface area contributed by atoms with E-state index in [0.717, 1.165) is 5.56 Å². The van der Waals surface area contributed by atoms with Crippen LogP contribution in [0.2, 0.25) is 0 Å². The summed E-state index contributed by atoms with van der Waals surface area (Å²) in [7, 11) is 0. The lowest BCUT2D eigenvalue weighted by molar-refractivity contribution is 0.102. The topological polar surface area (TPSA) is 60.7 Å². The lowest BCUT2D eigenvalue weighted by atomic mass is 10.1. The summed E-state index contributed by atoms with van der Waals surface area (Å²) in [6.45, 7) is 1.97. The Morgan fingerprint density at radius 3 is 2.52 bits per heavy atom. The van der Waals surface area contributed by atoms with Gasteiger partial charge in [0.15, 0.2) is 5.78 Å². The molecule has 0 aliphatic rings. The first kappa shape index (κ1) is 15.4.